The van der Waals surface area contributed by atoms with Crippen LogP contribution in [0.1, 0.15) is 65.2 Å². The van der Waals surface area contributed by atoms with E-state index in [2.05, 4.69) is 18.7 Å². The van der Waals surface area contributed by atoms with Crippen molar-refractivity contribution in [3.05, 3.63) is 0 Å². The summed E-state index contributed by atoms with van der Waals surface area (Å²) in [6.45, 7) is 5.29. The third-order valence-corrected chi connectivity index (χ3v) is 6.87. The molecule has 0 bridgehead atoms. The first kappa shape index (κ1) is 19.2. The van der Waals surface area contributed by atoms with Crippen LogP contribution in [0, 0.1) is 11.8 Å². The molecule has 2 rings (SSSR count). The van der Waals surface area contributed by atoms with Crippen LogP contribution < -0.4 is 0 Å². The van der Waals surface area contributed by atoms with E-state index in [1.165, 1.54) is 31.9 Å². The molecule has 1 atom stereocenters. The van der Waals surface area contributed by atoms with Crippen molar-refractivity contribution in [1.29, 1.82) is 0 Å². The molecule has 136 valence electrons. The van der Waals surface area contributed by atoms with Crippen LogP contribution in [0.4, 0.5) is 0 Å². The molecule has 23 heavy (non-hydrogen) atoms. The van der Waals surface area contributed by atoms with E-state index in [-0.39, 0.29) is 17.8 Å². The lowest BCUT2D eigenvalue weighted by molar-refractivity contribution is 0.0299. The summed E-state index contributed by atoms with van der Waals surface area (Å²) >= 11 is 0. The molecule has 0 amide bonds. The Morgan fingerprint density at radius 2 is 1.48 bits per heavy atom. The fraction of sp³-hybridized carbons (Fsp3) is 1.00. The zero-order valence-corrected chi connectivity index (χ0v) is 15.9. The highest BCUT2D eigenvalue weighted by Gasteiger charge is 2.32. The Morgan fingerprint density at radius 3 is 1.96 bits per heavy atom. The minimum Gasteiger partial charge on any atom is -0.393 e. The van der Waals surface area contributed by atoms with Gasteiger partial charge in [0.05, 0.1) is 11.9 Å². The van der Waals surface area contributed by atoms with Crippen LogP contribution in [0.5, 0.6) is 0 Å². The van der Waals surface area contributed by atoms with Gasteiger partial charge in [0, 0.05) is 24.9 Å². The predicted molar refractivity (Wildman–Crippen MR) is 95.3 cm³/mol. The van der Waals surface area contributed by atoms with Gasteiger partial charge in [0.1, 0.15) is 9.84 Å². The van der Waals surface area contributed by atoms with Crippen LogP contribution in [-0.2, 0) is 9.84 Å². The molecule has 2 saturated carbocycles. The SMILES string of the molecule is CC1CCC(N(CC(C)CS(C)(=O)=O)C2CCC(O)CC2)CC1. The van der Waals surface area contributed by atoms with E-state index in [1.807, 2.05) is 0 Å². The minimum atomic E-state index is -2.91. The first-order valence-electron chi connectivity index (χ1n) is 9.36. The smallest absolute Gasteiger partial charge is 0.147 e. The number of aliphatic hydroxyl groups excluding tert-OH is 1. The Labute approximate surface area is 142 Å². The lowest BCUT2D eigenvalue weighted by Gasteiger charge is -2.44. The molecule has 0 aromatic heterocycles. The fourth-order valence-corrected chi connectivity index (χ4v) is 5.63. The zero-order valence-electron chi connectivity index (χ0n) is 15.1. The molecule has 4 nitrogen and oxygen atoms in total. The monoisotopic (exact) mass is 345 g/mol. The number of nitrogens with zero attached hydrogens (tertiary/aromatic N) is 1. The van der Waals surface area contributed by atoms with Gasteiger partial charge < -0.3 is 5.11 Å². The number of hydrogen-bond donors (Lipinski definition) is 1. The lowest BCUT2D eigenvalue weighted by atomic mass is 9.83. The quantitative estimate of drug-likeness (QED) is 0.804. The Bertz CT molecular complexity index is 427. The van der Waals surface area contributed by atoms with Crippen molar-refractivity contribution in [1.82, 2.24) is 4.90 Å². The summed E-state index contributed by atoms with van der Waals surface area (Å²) in [5.74, 6) is 1.29. The van der Waals surface area contributed by atoms with Gasteiger partial charge in [-0.15, -0.1) is 0 Å². The largest absolute Gasteiger partial charge is 0.393 e. The van der Waals surface area contributed by atoms with E-state index < -0.39 is 9.84 Å². The van der Waals surface area contributed by atoms with E-state index in [9.17, 15) is 13.5 Å². The molecule has 0 aromatic carbocycles. The van der Waals surface area contributed by atoms with Crippen LogP contribution in [0.2, 0.25) is 0 Å². The fourth-order valence-electron chi connectivity index (χ4n) is 4.49. The Kier molecular flexibility index (Phi) is 6.93. The first-order chi connectivity index (χ1) is 10.7. The van der Waals surface area contributed by atoms with Gasteiger partial charge in [-0.1, -0.05) is 13.8 Å². The van der Waals surface area contributed by atoms with Crippen LogP contribution in [0.25, 0.3) is 0 Å². The highest BCUT2D eigenvalue weighted by molar-refractivity contribution is 7.90. The summed E-state index contributed by atoms with van der Waals surface area (Å²) in [4.78, 5) is 2.62. The van der Waals surface area contributed by atoms with E-state index in [4.69, 9.17) is 0 Å². The van der Waals surface area contributed by atoms with Gasteiger partial charge in [0.25, 0.3) is 0 Å². The predicted octanol–water partition coefficient (Wildman–Crippen LogP) is 2.85. The molecule has 2 aliphatic carbocycles. The van der Waals surface area contributed by atoms with Crippen LogP contribution in [0.3, 0.4) is 0 Å². The maximum Gasteiger partial charge on any atom is 0.147 e. The third kappa shape index (κ3) is 6.35. The second kappa shape index (κ2) is 8.30. The highest BCUT2D eigenvalue weighted by atomic mass is 32.2. The summed E-state index contributed by atoms with van der Waals surface area (Å²) in [6, 6.07) is 1.13. The van der Waals surface area contributed by atoms with Crippen molar-refractivity contribution < 1.29 is 13.5 Å². The Morgan fingerprint density at radius 1 is 1.00 bits per heavy atom. The van der Waals surface area contributed by atoms with E-state index in [0.29, 0.717) is 12.1 Å². The molecule has 2 aliphatic rings. The van der Waals surface area contributed by atoms with Gasteiger partial charge in [-0.25, -0.2) is 8.42 Å². The highest BCUT2D eigenvalue weighted by Crippen LogP contribution is 2.33. The van der Waals surface area contributed by atoms with Crippen molar-refractivity contribution >= 4 is 9.84 Å². The number of rotatable bonds is 6. The summed E-state index contributed by atoms with van der Waals surface area (Å²) in [7, 11) is -2.91. The summed E-state index contributed by atoms with van der Waals surface area (Å²) in [5, 5.41) is 9.79. The normalized spacial score (nSPS) is 34.5. The molecule has 2 fully saturated rings. The van der Waals surface area contributed by atoms with Crippen molar-refractivity contribution in [2.75, 3.05) is 18.6 Å². The number of aliphatic hydroxyl groups is 1. The van der Waals surface area contributed by atoms with Gasteiger partial charge in [0.15, 0.2) is 0 Å². The molecule has 0 heterocycles. The molecule has 0 spiro atoms. The average molecular weight is 346 g/mol. The Balaban J connectivity index is 2.01. The first-order valence-corrected chi connectivity index (χ1v) is 11.4. The van der Waals surface area contributed by atoms with E-state index >= 15 is 0 Å². The molecule has 0 aromatic rings. The van der Waals surface area contributed by atoms with Crippen LogP contribution in [-0.4, -0.2) is 55.2 Å². The molecule has 0 radical (unpaired) electrons. The topological polar surface area (TPSA) is 57.6 Å². The van der Waals surface area contributed by atoms with Gasteiger partial charge in [-0.3, -0.25) is 4.90 Å². The van der Waals surface area contributed by atoms with Crippen LogP contribution >= 0.6 is 0 Å². The Hall–Kier alpha value is -0.130. The maximum atomic E-state index is 11.6. The standard InChI is InChI=1S/C18H35NO3S/c1-14-4-6-16(7-5-14)19(12-15(2)13-23(3,21)22)17-8-10-18(20)11-9-17/h14-18,20H,4-13H2,1-3H3. The van der Waals surface area contributed by atoms with E-state index in [0.717, 1.165) is 38.1 Å². The van der Waals surface area contributed by atoms with Gasteiger partial charge >= 0.3 is 0 Å². The molecule has 0 saturated heterocycles. The van der Waals surface area contributed by atoms with Crippen molar-refractivity contribution in [3.8, 4) is 0 Å². The van der Waals surface area contributed by atoms with Gasteiger partial charge in [-0.2, -0.15) is 0 Å². The van der Waals surface area contributed by atoms with Gasteiger partial charge in [0.2, 0.25) is 0 Å². The molecular formula is C18H35NO3S. The van der Waals surface area contributed by atoms with Gasteiger partial charge in [-0.05, 0) is 63.2 Å². The molecule has 1 N–H and O–H groups in total. The average Bonchev–Trinajstić information content (AvgIpc) is 2.45. The second-order valence-corrected chi connectivity index (χ2v) is 10.5. The zero-order chi connectivity index (χ0) is 17.0. The van der Waals surface area contributed by atoms with Crippen molar-refractivity contribution in [2.24, 2.45) is 11.8 Å². The van der Waals surface area contributed by atoms with Crippen molar-refractivity contribution in [3.63, 3.8) is 0 Å². The van der Waals surface area contributed by atoms with E-state index in [1.54, 1.807) is 0 Å². The molecule has 5 heteroatoms. The second-order valence-electron chi connectivity index (χ2n) is 8.27. The number of hydrogen-bond acceptors (Lipinski definition) is 4. The minimum absolute atomic E-state index is 0.132. The third-order valence-electron chi connectivity index (χ3n) is 5.70. The summed E-state index contributed by atoms with van der Waals surface area (Å²) in [6.07, 6.45) is 10.2. The maximum absolute atomic E-state index is 11.6. The summed E-state index contributed by atoms with van der Waals surface area (Å²) in [5.41, 5.74) is 0. The van der Waals surface area contributed by atoms with Crippen LogP contribution in [0.15, 0.2) is 0 Å². The molecule has 1 unspecified atom stereocenters. The lowest BCUT2D eigenvalue weighted by Crippen LogP contribution is -2.49. The molecule has 0 aliphatic heterocycles. The molecular weight excluding hydrogens is 310 g/mol. The number of sulfone groups is 1. The summed E-state index contributed by atoms with van der Waals surface area (Å²) < 4.78 is 23.2. The van der Waals surface area contributed by atoms with Crippen molar-refractivity contribution in [2.45, 2.75) is 83.4 Å².